The van der Waals surface area contributed by atoms with Gasteiger partial charge in [0.15, 0.2) is 9.84 Å². The monoisotopic (exact) mass is 507 g/mol. The van der Waals surface area contributed by atoms with E-state index in [1.807, 2.05) is 0 Å². The average molecular weight is 507 g/mol. The number of sulfone groups is 1. The molecule has 0 aliphatic carbocycles. The third-order valence-electron chi connectivity index (χ3n) is 4.93. The summed E-state index contributed by atoms with van der Waals surface area (Å²) in [6.45, 7) is -0.606. The summed E-state index contributed by atoms with van der Waals surface area (Å²) in [4.78, 5) is 17.5. The van der Waals surface area contributed by atoms with Gasteiger partial charge in [-0.3, -0.25) is 14.7 Å². The van der Waals surface area contributed by atoms with Gasteiger partial charge in [0.2, 0.25) is 0 Å². The Morgan fingerprint density at radius 2 is 1.86 bits per heavy atom. The molecule has 3 aromatic rings. The van der Waals surface area contributed by atoms with E-state index in [0.717, 1.165) is 23.1 Å². The highest BCUT2D eigenvalue weighted by molar-refractivity contribution is 7.90. The molecule has 0 saturated heterocycles. The van der Waals surface area contributed by atoms with Crippen molar-refractivity contribution in [3.63, 3.8) is 0 Å². The van der Waals surface area contributed by atoms with Gasteiger partial charge in [0.05, 0.1) is 35.5 Å². The highest BCUT2D eigenvalue weighted by Crippen LogP contribution is 2.38. The number of carbonyl (C=O) groups is 1. The van der Waals surface area contributed by atoms with Crippen LogP contribution in [0.25, 0.3) is 11.1 Å². The molecule has 0 radical (unpaired) electrons. The van der Waals surface area contributed by atoms with Crippen LogP contribution in [0.2, 0.25) is 0 Å². The van der Waals surface area contributed by atoms with Crippen molar-refractivity contribution in [2.45, 2.75) is 11.1 Å². The number of pyridine rings is 1. The van der Waals surface area contributed by atoms with Crippen LogP contribution in [-0.4, -0.2) is 39.2 Å². The fourth-order valence-electron chi connectivity index (χ4n) is 3.31. The minimum Gasteiger partial charge on any atom is -0.496 e. The molecule has 35 heavy (non-hydrogen) atoms. The Morgan fingerprint density at radius 3 is 2.46 bits per heavy atom. The lowest BCUT2D eigenvalue weighted by molar-refractivity contribution is -0.137. The fourth-order valence-corrected chi connectivity index (χ4v) is 3.99. The van der Waals surface area contributed by atoms with Gasteiger partial charge in [0, 0.05) is 35.2 Å². The number of nitrogens with zero attached hydrogens (tertiary/aromatic N) is 3. The molecule has 3 rings (SSSR count). The lowest BCUT2D eigenvalue weighted by atomic mass is 10.0. The lowest BCUT2D eigenvalue weighted by Gasteiger charge is -2.24. The standard InChI is InChI=1S/C23H17F4N3O4S/c1-34-21-12-16(24)3-4-19(21)18-5-7-29-13-20(18)30(8-6-28)22(31)14-9-15(23(25,26)27)11-17(10-14)35(2,32)33/h3-5,7,9-13H,8H2,1-2H3. The molecule has 0 fully saturated rings. The molecule has 0 bridgehead atoms. The minimum atomic E-state index is -4.93. The van der Waals surface area contributed by atoms with E-state index in [9.17, 15) is 36.0 Å². The lowest BCUT2D eigenvalue weighted by Crippen LogP contribution is -2.32. The first-order valence-electron chi connectivity index (χ1n) is 9.76. The molecule has 1 aromatic heterocycles. The summed E-state index contributed by atoms with van der Waals surface area (Å²) in [5.74, 6) is -1.57. The Labute approximate surface area is 198 Å². The Kier molecular flexibility index (Phi) is 7.11. The molecule has 7 nitrogen and oxygen atoms in total. The van der Waals surface area contributed by atoms with Gasteiger partial charge in [0.1, 0.15) is 18.1 Å². The number of carbonyl (C=O) groups excluding carboxylic acids is 1. The van der Waals surface area contributed by atoms with Gasteiger partial charge in [-0.1, -0.05) is 0 Å². The number of alkyl halides is 3. The zero-order valence-corrected chi connectivity index (χ0v) is 19.1. The van der Waals surface area contributed by atoms with Crippen LogP contribution in [0, 0.1) is 17.1 Å². The van der Waals surface area contributed by atoms with Gasteiger partial charge in [0.25, 0.3) is 5.91 Å². The molecular formula is C23H17F4N3O4S. The zero-order chi connectivity index (χ0) is 26.0. The second-order valence-corrected chi connectivity index (χ2v) is 9.32. The summed E-state index contributed by atoms with van der Waals surface area (Å²) in [7, 11) is -2.81. The van der Waals surface area contributed by atoms with Crippen LogP contribution >= 0.6 is 0 Å². The maximum absolute atomic E-state index is 13.7. The molecular weight excluding hydrogens is 490 g/mol. The second kappa shape index (κ2) is 9.71. The van der Waals surface area contributed by atoms with Crippen molar-refractivity contribution in [3.05, 3.63) is 71.8 Å². The predicted octanol–water partition coefficient (Wildman–Crippen LogP) is 4.49. The highest BCUT2D eigenvalue weighted by atomic mass is 32.2. The van der Waals surface area contributed by atoms with E-state index >= 15 is 0 Å². The Morgan fingerprint density at radius 1 is 1.14 bits per heavy atom. The Bertz CT molecular complexity index is 1430. The SMILES string of the molecule is COc1cc(F)ccc1-c1ccncc1N(CC#N)C(=O)c1cc(C(F)(F)F)cc(S(C)(=O)=O)c1. The Balaban J connectivity index is 2.22. The third kappa shape index (κ3) is 5.58. The first kappa shape index (κ1) is 25.6. The number of ether oxygens (including phenoxy) is 1. The van der Waals surface area contributed by atoms with E-state index in [4.69, 9.17) is 4.74 Å². The van der Waals surface area contributed by atoms with Crippen LogP contribution < -0.4 is 9.64 Å². The first-order valence-corrected chi connectivity index (χ1v) is 11.6. The molecule has 0 aliphatic rings. The predicted molar refractivity (Wildman–Crippen MR) is 118 cm³/mol. The van der Waals surface area contributed by atoms with Gasteiger partial charge in [-0.2, -0.15) is 18.4 Å². The van der Waals surface area contributed by atoms with Gasteiger partial charge in [-0.05, 0) is 36.4 Å². The average Bonchev–Trinajstić information content (AvgIpc) is 2.80. The smallest absolute Gasteiger partial charge is 0.416 e. The van der Waals surface area contributed by atoms with Gasteiger partial charge in [-0.15, -0.1) is 0 Å². The molecule has 0 saturated carbocycles. The van der Waals surface area contributed by atoms with Crippen molar-refractivity contribution in [2.24, 2.45) is 0 Å². The van der Waals surface area contributed by atoms with E-state index in [2.05, 4.69) is 4.98 Å². The molecule has 1 heterocycles. The normalized spacial score (nSPS) is 11.6. The van der Waals surface area contributed by atoms with Gasteiger partial charge >= 0.3 is 6.18 Å². The summed E-state index contributed by atoms with van der Waals surface area (Å²) in [6.07, 6.45) is -1.65. The number of rotatable bonds is 6. The number of amides is 1. The number of halogens is 4. The number of aromatic nitrogens is 1. The first-order chi connectivity index (χ1) is 16.4. The van der Waals surface area contributed by atoms with Crippen molar-refractivity contribution in [1.82, 2.24) is 4.98 Å². The molecule has 1 amide bonds. The van der Waals surface area contributed by atoms with Crippen molar-refractivity contribution < 1.29 is 35.5 Å². The second-order valence-electron chi connectivity index (χ2n) is 7.30. The van der Waals surface area contributed by atoms with E-state index < -0.39 is 50.3 Å². The van der Waals surface area contributed by atoms with E-state index in [1.165, 1.54) is 31.6 Å². The van der Waals surface area contributed by atoms with Crippen LogP contribution in [0.1, 0.15) is 15.9 Å². The van der Waals surface area contributed by atoms with Crippen LogP contribution in [0.4, 0.5) is 23.2 Å². The van der Waals surface area contributed by atoms with Crippen LogP contribution in [0.15, 0.2) is 59.8 Å². The van der Waals surface area contributed by atoms with E-state index in [-0.39, 0.29) is 17.0 Å². The quantitative estimate of drug-likeness (QED) is 0.360. The van der Waals surface area contributed by atoms with Crippen molar-refractivity contribution in [1.29, 1.82) is 5.26 Å². The summed E-state index contributed by atoms with van der Waals surface area (Å²) >= 11 is 0. The molecule has 2 aromatic carbocycles. The van der Waals surface area contributed by atoms with Gasteiger partial charge in [-0.25, -0.2) is 12.8 Å². The minimum absolute atomic E-state index is 0.0160. The topological polar surface area (TPSA) is 100 Å². The maximum atomic E-state index is 13.7. The van der Waals surface area contributed by atoms with Crippen LogP contribution in [-0.2, 0) is 16.0 Å². The van der Waals surface area contributed by atoms with Crippen LogP contribution in [0.5, 0.6) is 5.75 Å². The number of hydrogen-bond acceptors (Lipinski definition) is 6. The summed E-state index contributed by atoms with van der Waals surface area (Å²) in [5, 5.41) is 9.35. The molecule has 0 unspecified atom stereocenters. The number of nitriles is 1. The van der Waals surface area contributed by atoms with E-state index in [0.29, 0.717) is 24.0 Å². The maximum Gasteiger partial charge on any atom is 0.416 e. The summed E-state index contributed by atoms with van der Waals surface area (Å²) in [5.41, 5.74) is -1.33. The Hall–Kier alpha value is -3.98. The molecule has 12 heteroatoms. The number of hydrogen-bond donors (Lipinski definition) is 0. The van der Waals surface area contributed by atoms with Crippen molar-refractivity contribution in [2.75, 3.05) is 24.8 Å². The summed E-state index contributed by atoms with van der Waals surface area (Å²) < 4.78 is 83.2. The zero-order valence-electron chi connectivity index (χ0n) is 18.3. The van der Waals surface area contributed by atoms with Crippen LogP contribution in [0.3, 0.4) is 0 Å². The largest absolute Gasteiger partial charge is 0.496 e. The molecule has 0 aliphatic heterocycles. The third-order valence-corrected chi connectivity index (χ3v) is 6.02. The van der Waals surface area contributed by atoms with Crippen molar-refractivity contribution >= 4 is 21.4 Å². The fraction of sp³-hybridized carbons (Fsp3) is 0.174. The summed E-state index contributed by atoms with van der Waals surface area (Å²) in [6, 6.07) is 8.59. The van der Waals surface area contributed by atoms with E-state index in [1.54, 1.807) is 6.07 Å². The highest BCUT2D eigenvalue weighted by Gasteiger charge is 2.34. The van der Waals surface area contributed by atoms with Gasteiger partial charge < -0.3 is 4.74 Å². The molecule has 0 N–H and O–H groups in total. The molecule has 182 valence electrons. The number of benzene rings is 2. The molecule has 0 atom stereocenters. The molecule has 0 spiro atoms. The number of anilines is 1. The number of methoxy groups -OCH3 is 1. The van der Waals surface area contributed by atoms with Crippen molar-refractivity contribution in [3.8, 4) is 22.9 Å².